The SMILES string of the molecule is CCN(CCC(N)=S)c1ncccc1OC. The van der Waals surface area contributed by atoms with Gasteiger partial charge in [0.25, 0.3) is 0 Å². The summed E-state index contributed by atoms with van der Waals surface area (Å²) in [4.78, 5) is 6.93. The maximum absolute atomic E-state index is 5.50. The highest BCUT2D eigenvalue weighted by Crippen LogP contribution is 2.24. The van der Waals surface area contributed by atoms with Gasteiger partial charge in [-0.15, -0.1) is 0 Å². The third-order valence-electron chi connectivity index (χ3n) is 2.28. The Kier molecular flexibility index (Phi) is 4.98. The lowest BCUT2D eigenvalue weighted by Crippen LogP contribution is -2.28. The van der Waals surface area contributed by atoms with Crippen molar-refractivity contribution >= 4 is 23.0 Å². The molecule has 5 heteroatoms. The lowest BCUT2D eigenvalue weighted by Gasteiger charge is -2.23. The molecule has 0 saturated heterocycles. The maximum atomic E-state index is 5.50. The Labute approximate surface area is 101 Å². The molecule has 0 fully saturated rings. The Bertz CT molecular complexity index is 357. The van der Waals surface area contributed by atoms with Gasteiger partial charge in [0.1, 0.15) is 0 Å². The molecule has 1 heterocycles. The Morgan fingerprint density at radius 1 is 1.62 bits per heavy atom. The third-order valence-corrected chi connectivity index (χ3v) is 2.48. The normalized spacial score (nSPS) is 9.88. The van der Waals surface area contributed by atoms with E-state index < -0.39 is 0 Å². The number of nitrogens with two attached hydrogens (primary N) is 1. The number of nitrogens with zero attached hydrogens (tertiary/aromatic N) is 2. The fraction of sp³-hybridized carbons (Fsp3) is 0.455. The molecule has 0 aromatic carbocycles. The van der Waals surface area contributed by atoms with Gasteiger partial charge in [0.15, 0.2) is 11.6 Å². The standard InChI is InChI=1S/C11H17N3OS/c1-3-14(8-6-10(12)16)11-9(15-2)5-4-7-13-11/h4-5,7H,3,6,8H2,1-2H3,(H2,12,16). The van der Waals surface area contributed by atoms with E-state index in [4.69, 9.17) is 22.7 Å². The molecule has 1 aromatic heterocycles. The van der Waals surface area contributed by atoms with Gasteiger partial charge in [0.2, 0.25) is 0 Å². The maximum Gasteiger partial charge on any atom is 0.171 e. The van der Waals surface area contributed by atoms with Crippen LogP contribution in [0.15, 0.2) is 18.3 Å². The molecule has 16 heavy (non-hydrogen) atoms. The highest BCUT2D eigenvalue weighted by molar-refractivity contribution is 7.80. The van der Waals surface area contributed by atoms with E-state index in [0.717, 1.165) is 24.7 Å². The second-order valence-electron chi connectivity index (χ2n) is 3.33. The van der Waals surface area contributed by atoms with Crippen molar-refractivity contribution in [1.29, 1.82) is 0 Å². The van der Waals surface area contributed by atoms with Crippen LogP contribution in [0.1, 0.15) is 13.3 Å². The molecule has 0 atom stereocenters. The summed E-state index contributed by atoms with van der Waals surface area (Å²) in [5, 5.41) is 0. The van der Waals surface area contributed by atoms with E-state index in [0.29, 0.717) is 11.4 Å². The summed E-state index contributed by atoms with van der Waals surface area (Å²) in [7, 11) is 1.64. The van der Waals surface area contributed by atoms with Crippen molar-refractivity contribution in [1.82, 2.24) is 4.98 Å². The highest BCUT2D eigenvalue weighted by Gasteiger charge is 2.11. The minimum absolute atomic E-state index is 0.522. The van der Waals surface area contributed by atoms with E-state index in [-0.39, 0.29) is 0 Å². The van der Waals surface area contributed by atoms with Crippen molar-refractivity contribution in [2.75, 3.05) is 25.1 Å². The predicted molar refractivity (Wildman–Crippen MR) is 70.1 cm³/mol. The van der Waals surface area contributed by atoms with Gasteiger partial charge in [-0.25, -0.2) is 4.98 Å². The quantitative estimate of drug-likeness (QED) is 0.764. The monoisotopic (exact) mass is 239 g/mol. The van der Waals surface area contributed by atoms with Crippen LogP contribution in [0.4, 0.5) is 5.82 Å². The summed E-state index contributed by atoms with van der Waals surface area (Å²) < 4.78 is 5.27. The molecule has 88 valence electrons. The lowest BCUT2D eigenvalue weighted by atomic mass is 10.3. The molecule has 0 radical (unpaired) electrons. The van der Waals surface area contributed by atoms with Gasteiger partial charge < -0.3 is 15.4 Å². The number of pyridine rings is 1. The highest BCUT2D eigenvalue weighted by atomic mass is 32.1. The summed E-state index contributed by atoms with van der Waals surface area (Å²) >= 11 is 4.87. The molecule has 0 aliphatic carbocycles. The Balaban J connectivity index is 2.81. The van der Waals surface area contributed by atoms with E-state index >= 15 is 0 Å². The van der Waals surface area contributed by atoms with Gasteiger partial charge in [-0.05, 0) is 19.1 Å². The van der Waals surface area contributed by atoms with Crippen LogP contribution in [-0.4, -0.2) is 30.2 Å². The molecule has 0 saturated carbocycles. The number of ether oxygens (including phenoxy) is 1. The zero-order valence-electron chi connectivity index (χ0n) is 9.64. The topological polar surface area (TPSA) is 51.4 Å². The zero-order valence-corrected chi connectivity index (χ0v) is 10.5. The van der Waals surface area contributed by atoms with Crippen LogP contribution in [-0.2, 0) is 0 Å². The minimum atomic E-state index is 0.522. The summed E-state index contributed by atoms with van der Waals surface area (Å²) in [6.45, 7) is 3.67. The number of aromatic nitrogens is 1. The molecule has 0 spiro atoms. The molecule has 2 N–H and O–H groups in total. The Morgan fingerprint density at radius 3 is 2.94 bits per heavy atom. The van der Waals surface area contributed by atoms with Crippen molar-refractivity contribution in [3.8, 4) is 5.75 Å². The first-order chi connectivity index (χ1) is 7.69. The third kappa shape index (κ3) is 3.34. The first-order valence-electron chi connectivity index (χ1n) is 5.21. The molecule has 0 bridgehead atoms. The lowest BCUT2D eigenvalue weighted by molar-refractivity contribution is 0.412. The Hall–Kier alpha value is -1.36. The number of rotatable bonds is 6. The van der Waals surface area contributed by atoms with Crippen LogP contribution < -0.4 is 15.4 Å². The molecule has 1 aromatic rings. The summed E-state index contributed by atoms with van der Waals surface area (Å²) in [6.07, 6.45) is 2.43. The number of hydrogen-bond donors (Lipinski definition) is 1. The van der Waals surface area contributed by atoms with Gasteiger partial charge >= 0.3 is 0 Å². The fourth-order valence-electron chi connectivity index (χ4n) is 1.44. The van der Waals surface area contributed by atoms with Crippen LogP contribution in [0.5, 0.6) is 5.75 Å². The van der Waals surface area contributed by atoms with Gasteiger partial charge in [-0.2, -0.15) is 0 Å². The summed E-state index contributed by atoms with van der Waals surface area (Å²) in [5.74, 6) is 1.61. The van der Waals surface area contributed by atoms with Crippen LogP contribution in [0.3, 0.4) is 0 Å². The van der Waals surface area contributed by atoms with Crippen molar-refractivity contribution in [2.45, 2.75) is 13.3 Å². The molecule has 0 aliphatic rings. The molecular weight excluding hydrogens is 222 g/mol. The van der Waals surface area contributed by atoms with E-state index in [1.54, 1.807) is 13.3 Å². The average molecular weight is 239 g/mol. The summed E-state index contributed by atoms with van der Waals surface area (Å²) in [6, 6.07) is 3.75. The smallest absolute Gasteiger partial charge is 0.171 e. The van der Waals surface area contributed by atoms with Gasteiger partial charge in [-0.3, -0.25) is 0 Å². The van der Waals surface area contributed by atoms with E-state index in [9.17, 15) is 0 Å². The summed E-state index contributed by atoms with van der Waals surface area (Å²) in [5.41, 5.74) is 5.50. The van der Waals surface area contributed by atoms with Crippen molar-refractivity contribution in [3.63, 3.8) is 0 Å². The van der Waals surface area contributed by atoms with Crippen molar-refractivity contribution in [2.24, 2.45) is 5.73 Å². The molecule has 1 rings (SSSR count). The van der Waals surface area contributed by atoms with E-state index in [1.165, 1.54) is 0 Å². The van der Waals surface area contributed by atoms with Crippen LogP contribution in [0.25, 0.3) is 0 Å². The second-order valence-corrected chi connectivity index (χ2v) is 3.85. The van der Waals surface area contributed by atoms with Crippen LogP contribution in [0, 0.1) is 0 Å². The number of hydrogen-bond acceptors (Lipinski definition) is 4. The number of methoxy groups -OCH3 is 1. The van der Waals surface area contributed by atoms with E-state index in [2.05, 4.69) is 16.8 Å². The van der Waals surface area contributed by atoms with Gasteiger partial charge in [-0.1, -0.05) is 12.2 Å². The van der Waals surface area contributed by atoms with E-state index in [1.807, 2.05) is 12.1 Å². The fourth-order valence-corrected chi connectivity index (χ4v) is 1.53. The molecule has 0 unspecified atom stereocenters. The second kappa shape index (κ2) is 6.27. The van der Waals surface area contributed by atoms with Crippen molar-refractivity contribution in [3.05, 3.63) is 18.3 Å². The van der Waals surface area contributed by atoms with Crippen LogP contribution in [0.2, 0.25) is 0 Å². The predicted octanol–water partition coefficient (Wildman–Crippen LogP) is 1.59. The van der Waals surface area contributed by atoms with Gasteiger partial charge in [0.05, 0.1) is 12.1 Å². The minimum Gasteiger partial charge on any atom is -0.493 e. The largest absolute Gasteiger partial charge is 0.493 e. The number of thiocarbonyl (C=S) groups is 1. The molecular formula is C11H17N3OS. The van der Waals surface area contributed by atoms with Crippen molar-refractivity contribution < 1.29 is 4.74 Å². The number of anilines is 1. The Morgan fingerprint density at radius 2 is 2.38 bits per heavy atom. The first kappa shape index (κ1) is 12.7. The zero-order chi connectivity index (χ0) is 12.0. The molecule has 4 nitrogen and oxygen atoms in total. The molecule has 0 aliphatic heterocycles. The molecule has 0 amide bonds. The average Bonchev–Trinajstić information content (AvgIpc) is 2.30. The first-order valence-corrected chi connectivity index (χ1v) is 5.62. The van der Waals surface area contributed by atoms with Gasteiger partial charge in [0, 0.05) is 25.7 Å². The van der Waals surface area contributed by atoms with Crippen LogP contribution >= 0.6 is 12.2 Å².